The highest BCUT2D eigenvalue weighted by Crippen LogP contribution is 2.29. The number of halogens is 2. The van der Waals surface area contributed by atoms with Crippen LogP contribution in [-0.2, 0) is 29.0 Å². The van der Waals surface area contributed by atoms with Crippen molar-refractivity contribution in [2.24, 2.45) is 0 Å². The summed E-state index contributed by atoms with van der Waals surface area (Å²) < 4.78 is 16.3. The third-order valence-electron chi connectivity index (χ3n) is 6.25. The van der Waals surface area contributed by atoms with E-state index in [0.717, 1.165) is 30.4 Å². The average molecular weight is 546 g/mol. The van der Waals surface area contributed by atoms with Crippen LogP contribution in [0.15, 0.2) is 66.7 Å². The topological polar surface area (TPSA) is 77.0 Å². The molecule has 0 amide bonds. The second-order valence-corrected chi connectivity index (χ2v) is 9.26. The third-order valence-corrected chi connectivity index (χ3v) is 6.54. The molecule has 0 aliphatic heterocycles. The van der Waals surface area contributed by atoms with Crippen LogP contribution in [-0.4, -0.2) is 36.9 Å². The second kappa shape index (κ2) is 14.2. The smallest absolute Gasteiger partial charge is 0.344 e. The maximum atomic E-state index is 11.6. The number of ether oxygens (including phenoxy) is 3. The summed E-state index contributed by atoms with van der Waals surface area (Å²) in [5.74, 6) is 0.876. The van der Waals surface area contributed by atoms with Crippen LogP contribution < -0.4 is 14.8 Å². The minimum Gasteiger partial charge on any atom is -0.487 e. The number of nitrogens with one attached hydrogen (secondary N) is 1. The molecule has 37 heavy (non-hydrogen) atoms. The zero-order chi connectivity index (χ0) is 25.3. The van der Waals surface area contributed by atoms with Gasteiger partial charge in [0.25, 0.3) is 0 Å². The Balaban J connectivity index is 0.00000380. The van der Waals surface area contributed by atoms with Gasteiger partial charge in [-0.15, -0.1) is 12.4 Å². The Bertz CT molecular complexity index is 1160. The summed E-state index contributed by atoms with van der Waals surface area (Å²) in [6.07, 6.45) is 2.06. The van der Waals surface area contributed by atoms with Crippen molar-refractivity contribution in [3.8, 4) is 11.5 Å². The van der Waals surface area contributed by atoms with Gasteiger partial charge in [0.1, 0.15) is 18.1 Å². The predicted octanol–water partition coefficient (Wildman–Crippen LogP) is 5.46. The fraction of sp³-hybridized carbons (Fsp3) is 0.345. The van der Waals surface area contributed by atoms with Crippen molar-refractivity contribution < 1.29 is 24.1 Å². The van der Waals surface area contributed by atoms with Gasteiger partial charge in [-0.2, -0.15) is 0 Å². The van der Waals surface area contributed by atoms with E-state index in [0.29, 0.717) is 36.3 Å². The lowest BCUT2D eigenvalue weighted by atomic mass is 9.88. The van der Waals surface area contributed by atoms with E-state index in [1.807, 2.05) is 48.5 Å². The van der Waals surface area contributed by atoms with Crippen molar-refractivity contribution in [2.45, 2.75) is 44.9 Å². The number of carbonyl (C=O) groups is 1. The largest absolute Gasteiger partial charge is 0.487 e. The molecule has 6 nitrogen and oxygen atoms in total. The van der Waals surface area contributed by atoms with Crippen LogP contribution in [0.1, 0.15) is 41.7 Å². The molecule has 1 aliphatic carbocycles. The fourth-order valence-corrected chi connectivity index (χ4v) is 4.56. The van der Waals surface area contributed by atoms with Crippen LogP contribution in [0.4, 0.5) is 0 Å². The van der Waals surface area contributed by atoms with Crippen molar-refractivity contribution in [1.29, 1.82) is 0 Å². The van der Waals surface area contributed by atoms with E-state index >= 15 is 0 Å². The molecular formula is C29H33Cl2NO5. The summed E-state index contributed by atoms with van der Waals surface area (Å²) >= 11 is 6.43. The van der Waals surface area contributed by atoms with E-state index in [2.05, 4.69) is 11.4 Å². The number of carbonyl (C=O) groups excluding carboxylic acids is 1. The van der Waals surface area contributed by atoms with Crippen molar-refractivity contribution >= 4 is 30.0 Å². The van der Waals surface area contributed by atoms with E-state index in [4.69, 9.17) is 25.8 Å². The Morgan fingerprint density at radius 2 is 1.89 bits per heavy atom. The van der Waals surface area contributed by atoms with E-state index in [-0.39, 0.29) is 31.0 Å². The van der Waals surface area contributed by atoms with Crippen molar-refractivity contribution in [3.63, 3.8) is 0 Å². The summed E-state index contributed by atoms with van der Waals surface area (Å²) in [6, 6.07) is 21.5. The number of hydrogen-bond acceptors (Lipinski definition) is 6. The van der Waals surface area contributed by atoms with Gasteiger partial charge in [0, 0.05) is 12.6 Å². The van der Waals surface area contributed by atoms with Crippen LogP contribution >= 0.6 is 24.0 Å². The highest BCUT2D eigenvalue weighted by Gasteiger charge is 2.21. The van der Waals surface area contributed by atoms with Gasteiger partial charge in [0.05, 0.1) is 17.7 Å². The quantitative estimate of drug-likeness (QED) is 0.311. The number of hydrogen-bond donors (Lipinski definition) is 2. The molecule has 0 saturated carbocycles. The van der Waals surface area contributed by atoms with Gasteiger partial charge in [-0.25, -0.2) is 4.79 Å². The third kappa shape index (κ3) is 8.37. The summed E-state index contributed by atoms with van der Waals surface area (Å²) in [5, 5.41) is 14.7. The zero-order valence-electron chi connectivity index (χ0n) is 20.8. The minimum atomic E-state index is -0.689. The van der Waals surface area contributed by atoms with Crippen LogP contribution in [0.25, 0.3) is 0 Å². The standard InChI is InChI=1S/C29H32ClNO5.ClH/c1-2-34-29(33)19-35-25-12-9-21-8-11-24(14-23(21)15-25)31-17-27(32)22-10-13-28(26(30)16-22)36-18-20-6-4-3-5-7-20;/h3-7,9-10,12-13,15-16,24,27,31-32H,2,8,11,14,17-19H2,1H3;1H/t24-,27-;/m1./s1. The Hall–Kier alpha value is -2.77. The van der Waals surface area contributed by atoms with Gasteiger partial charge in [-0.05, 0) is 72.7 Å². The lowest BCUT2D eigenvalue weighted by molar-refractivity contribution is -0.145. The first kappa shape index (κ1) is 28.8. The second-order valence-electron chi connectivity index (χ2n) is 8.85. The van der Waals surface area contributed by atoms with Crippen LogP contribution in [0, 0.1) is 0 Å². The number of aryl methyl sites for hydroxylation is 1. The molecular weight excluding hydrogens is 513 g/mol. The number of esters is 1. The fourth-order valence-electron chi connectivity index (χ4n) is 4.32. The molecule has 198 valence electrons. The number of aliphatic hydroxyl groups excluding tert-OH is 1. The molecule has 1 aliphatic rings. The molecule has 0 unspecified atom stereocenters. The zero-order valence-corrected chi connectivity index (χ0v) is 22.4. The maximum absolute atomic E-state index is 11.6. The lowest BCUT2D eigenvalue weighted by Crippen LogP contribution is -2.37. The molecule has 0 aromatic heterocycles. The van der Waals surface area contributed by atoms with Gasteiger partial charge < -0.3 is 24.6 Å². The summed E-state index contributed by atoms with van der Waals surface area (Å²) in [5.41, 5.74) is 4.28. The highest BCUT2D eigenvalue weighted by atomic mass is 35.5. The number of rotatable bonds is 11. The molecule has 4 rings (SSSR count). The molecule has 0 saturated heterocycles. The van der Waals surface area contributed by atoms with Crippen LogP contribution in [0.5, 0.6) is 11.5 Å². The van der Waals surface area contributed by atoms with Crippen LogP contribution in [0.3, 0.4) is 0 Å². The van der Waals surface area contributed by atoms with Gasteiger partial charge in [-0.1, -0.05) is 54.1 Å². The summed E-state index contributed by atoms with van der Waals surface area (Å²) in [7, 11) is 0. The first-order chi connectivity index (χ1) is 17.5. The average Bonchev–Trinajstić information content (AvgIpc) is 2.90. The predicted molar refractivity (Wildman–Crippen MR) is 147 cm³/mol. The van der Waals surface area contributed by atoms with Crippen LogP contribution in [0.2, 0.25) is 5.02 Å². The minimum absolute atomic E-state index is 0. The van der Waals surface area contributed by atoms with E-state index in [1.54, 1.807) is 19.1 Å². The normalized spacial score (nSPS) is 15.2. The van der Waals surface area contributed by atoms with Crippen molar-refractivity contribution in [2.75, 3.05) is 19.8 Å². The van der Waals surface area contributed by atoms with Gasteiger partial charge in [0.15, 0.2) is 6.61 Å². The Labute approximate surface area is 229 Å². The van der Waals surface area contributed by atoms with Crippen molar-refractivity contribution in [3.05, 3.63) is 94.0 Å². The molecule has 0 bridgehead atoms. The molecule has 3 aromatic carbocycles. The van der Waals surface area contributed by atoms with Crippen molar-refractivity contribution in [1.82, 2.24) is 5.32 Å². The molecule has 0 fully saturated rings. The molecule has 0 heterocycles. The molecule has 2 atom stereocenters. The summed E-state index contributed by atoms with van der Waals surface area (Å²) in [6.45, 7) is 2.86. The number of benzene rings is 3. The van der Waals surface area contributed by atoms with Gasteiger partial charge in [0.2, 0.25) is 0 Å². The maximum Gasteiger partial charge on any atom is 0.344 e. The molecule has 3 aromatic rings. The first-order valence-electron chi connectivity index (χ1n) is 12.3. The van der Waals surface area contributed by atoms with Gasteiger partial charge >= 0.3 is 5.97 Å². The van der Waals surface area contributed by atoms with Gasteiger partial charge in [-0.3, -0.25) is 0 Å². The van der Waals surface area contributed by atoms with E-state index in [9.17, 15) is 9.90 Å². The SMILES string of the molecule is CCOC(=O)COc1ccc2c(c1)C[C@H](NC[C@@H](O)c1ccc(OCc3ccccc3)c(Cl)c1)CC2.Cl. The molecule has 2 N–H and O–H groups in total. The van der Waals surface area contributed by atoms with E-state index < -0.39 is 6.10 Å². The highest BCUT2D eigenvalue weighted by molar-refractivity contribution is 6.32. The lowest BCUT2D eigenvalue weighted by Gasteiger charge is -2.27. The Morgan fingerprint density at radius 3 is 2.65 bits per heavy atom. The first-order valence-corrected chi connectivity index (χ1v) is 12.7. The Kier molecular flexibility index (Phi) is 11.1. The monoisotopic (exact) mass is 545 g/mol. The molecule has 8 heteroatoms. The Morgan fingerprint density at radius 1 is 1.08 bits per heavy atom. The summed E-state index contributed by atoms with van der Waals surface area (Å²) in [4.78, 5) is 11.6. The number of aliphatic hydroxyl groups is 1. The molecule has 0 radical (unpaired) electrons. The van der Waals surface area contributed by atoms with E-state index in [1.165, 1.54) is 11.1 Å². The number of fused-ring (bicyclic) bond motifs is 1. The molecule has 0 spiro atoms.